The Labute approximate surface area is 166 Å². The van der Waals surface area contributed by atoms with Crippen LogP contribution in [0.25, 0.3) is 0 Å². The molecule has 0 unspecified atom stereocenters. The van der Waals surface area contributed by atoms with Crippen molar-refractivity contribution in [2.75, 3.05) is 0 Å². The van der Waals surface area contributed by atoms with Crippen molar-refractivity contribution in [3.8, 4) is 0 Å². The molecule has 0 nitrogen and oxygen atoms in total. The van der Waals surface area contributed by atoms with Crippen molar-refractivity contribution in [3.63, 3.8) is 0 Å². The van der Waals surface area contributed by atoms with E-state index in [0.29, 0.717) is 0 Å². The van der Waals surface area contributed by atoms with E-state index in [1.54, 1.807) is 0 Å². The summed E-state index contributed by atoms with van der Waals surface area (Å²) in [5, 5.41) is 0. The molecule has 0 aliphatic heterocycles. The molecule has 0 fully saturated rings. The number of benzene rings is 2. The Morgan fingerprint density at radius 3 is 0.280 bits per heavy atom. The zero-order valence-electron chi connectivity index (χ0n) is 18.3. The second-order valence-electron chi connectivity index (χ2n) is 7.50. The van der Waals surface area contributed by atoms with E-state index >= 15 is 0 Å². The first-order valence-corrected chi connectivity index (χ1v) is 9.00. The van der Waals surface area contributed by atoms with E-state index in [1.807, 2.05) is 0 Å². The first-order chi connectivity index (χ1) is 10.9. The van der Waals surface area contributed by atoms with Gasteiger partial charge in [-0.2, -0.15) is 0 Å². The molecule has 0 aliphatic carbocycles. The van der Waals surface area contributed by atoms with Crippen molar-refractivity contribution in [1.82, 2.24) is 0 Å². The molecule has 25 heavy (non-hydrogen) atoms. The summed E-state index contributed by atoms with van der Waals surface area (Å²) in [4.78, 5) is 0. The molecule has 0 aliphatic rings. The minimum atomic E-state index is 0. The van der Waals surface area contributed by atoms with Gasteiger partial charge >= 0.3 is 0 Å². The van der Waals surface area contributed by atoms with Crippen LogP contribution < -0.4 is 0 Å². The molecule has 2 aromatic rings. The van der Waals surface area contributed by atoms with Crippen LogP contribution in [0.15, 0.2) is 0 Å². The van der Waals surface area contributed by atoms with Gasteiger partial charge in [-0.3, -0.25) is 0 Å². The van der Waals surface area contributed by atoms with Gasteiger partial charge in [0.2, 0.25) is 0 Å². The summed E-state index contributed by atoms with van der Waals surface area (Å²) in [5.41, 5.74) is 17.5. The molecule has 0 aromatic heterocycles. The summed E-state index contributed by atoms with van der Waals surface area (Å²) in [6.45, 7) is 26.5. The summed E-state index contributed by atoms with van der Waals surface area (Å²) in [6, 6.07) is 0. The zero-order valence-corrected chi connectivity index (χ0v) is 19.4. The molecule has 141 valence electrons. The second-order valence-corrected chi connectivity index (χ2v) is 7.50. The van der Waals surface area contributed by atoms with E-state index in [1.165, 1.54) is 66.8 Å². The predicted octanol–water partition coefficient (Wildman–Crippen LogP) is 7.07. The molecule has 0 N–H and O–H groups in total. The average molecular weight is 383 g/mol. The molecular formula is C24H36Co. The summed E-state index contributed by atoms with van der Waals surface area (Å²) < 4.78 is 0. The third kappa shape index (κ3) is 4.57. The first-order valence-electron chi connectivity index (χ1n) is 9.00. The summed E-state index contributed by atoms with van der Waals surface area (Å²) in [6.07, 6.45) is 0. The maximum Gasteiger partial charge on any atom is 0 e. The van der Waals surface area contributed by atoms with Gasteiger partial charge in [0.15, 0.2) is 0 Å². The molecular weight excluding hydrogens is 347 g/mol. The van der Waals surface area contributed by atoms with Crippen LogP contribution in [0.2, 0.25) is 0 Å². The van der Waals surface area contributed by atoms with Crippen molar-refractivity contribution < 1.29 is 16.8 Å². The van der Waals surface area contributed by atoms with Crippen LogP contribution in [0.3, 0.4) is 0 Å². The van der Waals surface area contributed by atoms with Gasteiger partial charge in [0.1, 0.15) is 0 Å². The number of hydrogen-bond acceptors (Lipinski definition) is 0. The minimum absolute atomic E-state index is 0. The van der Waals surface area contributed by atoms with Gasteiger partial charge in [0.05, 0.1) is 0 Å². The molecule has 0 spiro atoms. The Kier molecular flexibility index (Phi) is 8.67. The zero-order chi connectivity index (χ0) is 18.9. The van der Waals surface area contributed by atoms with Gasteiger partial charge in [-0.05, 0) is 150 Å². The van der Waals surface area contributed by atoms with Gasteiger partial charge in [-0.25, -0.2) is 0 Å². The molecule has 0 saturated carbocycles. The van der Waals surface area contributed by atoms with E-state index in [9.17, 15) is 0 Å². The maximum absolute atomic E-state index is 2.21. The Balaban J connectivity index is 0.000000443. The fourth-order valence-corrected chi connectivity index (χ4v) is 3.38. The van der Waals surface area contributed by atoms with E-state index in [0.717, 1.165) is 0 Å². The van der Waals surface area contributed by atoms with Gasteiger partial charge in [0.25, 0.3) is 0 Å². The minimum Gasteiger partial charge on any atom is -0.0447 e. The largest absolute Gasteiger partial charge is 0.0447 e. The average Bonchev–Trinajstić information content (AvgIpc) is 2.58. The third-order valence-corrected chi connectivity index (χ3v) is 6.75. The van der Waals surface area contributed by atoms with E-state index in [4.69, 9.17) is 0 Å². The summed E-state index contributed by atoms with van der Waals surface area (Å²) >= 11 is 0. The van der Waals surface area contributed by atoms with Gasteiger partial charge in [-0.15, -0.1) is 0 Å². The third-order valence-electron chi connectivity index (χ3n) is 6.75. The van der Waals surface area contributed by atoms with Crippen LogP contribution in [0.1, 0.15) is 66.8 Å². The Morgan fingerprint density at radius 1 is 0.200 bits per heavy atom. The molecule has 2 rings (SSSR count). The SMILES string of the molecule is Cc1c(C)c(C)c(C)c(C)c1C.Cc1c(C)c(C)c(C)c(C)c1C.[Co]. The van der Waals surface area contributed by atoms with Gasteiger partial charge in [-0.1, -0.05) is 0 Å². The molecule has 1 heteroatoms. The van der Waals surface area contributed by atoms with E-state index < -0.39 is 0 Å². The van der Waals surface area contributed by atoms with Crippen molar-refractivity contribution in [3.05, 3.63) is 66.8 Å². The monoisotopic (exact) mass is 383 g/mol. The van der Waals surface area contributed by atoms with Crippen molar-refractivity contribution in [1.29, 1.82) is 0 Å². The molecule has 2 aromatic carbocycles. The van der Waals surface area contributed by atoms with Crippen LogP contribution in [-0.2, 0) is 16.8 Å². The molecule has 0 bridgehead atoms. The molecule has 0 heterocycles. The topological polar surface area (TPSA) is 0 Å². The summed E-state index contributed by atoms with van der Waals surface area (Å²) in [5.74, 6) is 0. The molecule has 0 atom stereocenters. The van der Waals surface area contributed by atoms with Crippen LogP contribution in [0, 0.1) is 83.1 Å². The first kappa shape index (κ1) is 23.9. The Bertz CT molecular complexity index is 502. The van der Waals surface area contributed by atoms with Crippen LogP contribution in [0.4, 0.5) is 0 Å². The fraction of sp³-hybridized carbons (Fsp3) is 0.500. The quantitative estimate of drug-likeness (QED) is 0.456. The number of rotatable bonds is 0. The fourth-order valence-electron chi connectivity index (χ4n) is 3.38. The van der Waals surface area contributed by atoms with E-state index in [2.05, 4.69) is 83.1 Å². The van der Waals surface area contributed by atoms with Crippen molar-refractivity contribution >= 4 is 0 Å². The van der Waals surface area contributed by atoms with E-state index in [-0.39, 0.29) is 16.8 Å². The second kappa shape index (κ2) is 9.05. The van der Waals surface area contributed by atoms with Crippen LogP contribution >= 0.6 is 0 Å². The Morgan fingerprint density at radius 2 is 0.240 bits per heavy atom. The van der Waals surface area contributed by atoms with Crippen molar-refractivity contribution in [2.24, 2.45) is 0 Å². The predicted molar refractivity (Wildman–Crippen MR) is 110 cm³/mol. The summed E-state index contributed by atoms with van der Waals surface area (Å²) in [7, 11) is 0. The number of hydrogen-bond donors (Lipinski definition) is 0. The van der Waals surface area contributed by atoms with Crippen LogP contribution in [0.5, 0.6) is 0 Å². The molecule has 1 radical (unpaired) electrons. The van der Waals surface area contributed by atoms with Gasteiger partial charge < -0.3 is 0 Å². The van der Waals surface area contributed by atoms with Crippen LogP contribution in [-0.4, -0.2) is 0 Å². The van der Waals surface area contributed by atoms with Crippen molar-refractivity contribution in [2.45, 2.75) is 83.1 Å². The standard InChI is InChI=1S/2C12H18.Co/c2*1-7-8(2)10(4)12(6)11(5)9(7)3;/h2*1-6H3;. The molecule has 0 saturated heterocycles. The Hall–Kier alpha value is -1.05. The smallest absolute Gasteiger partial charge is 0 e. The van der Waals surface area contributed by atoms with Gasteiger partial charge in [0, 0.05) is 16.8 Å². The maximum atomic E-state index is 2.21. The molecule has 0 amide bonds. The normalized spacial score (nSPS) is 10.1.